The van der Waals surface area contributed by atoms with Crippen molar-refractivity contribution in [1.82, 2.24) is 0 Å². The Morgan fingerprint density at radius 1 is 1.00 bits per heavy atom. The molecule has 1 unspecified atom stereocenters. The molecule has 0 spiro atoms. The van der Waals surface area contributed by atoms with Crippen LogP contribution in [0.3, 0.4) is 0 Å². The highest BCUT2D eigenvalue weighted by atomic mass is 16.5. The first-order chi connectivity index (χ1) is 13.3. The van der Waals surface area contributed by atoms with Gasteiger partial charge in [-0.1, -0.05) is 69.9 Å². The van der Waals surface area contributed by atoms with E-state index in [0.29, 0.717) is 12.0 Å². The Morgan fingerprint density at radius 3 is 2.48 bits per heavy atom. The van der Waals surface area contributed by atoms with Gasteiger partial charge in [-0.2, -0.15) is 4.57 Å². The second-order valence-corrected chi connectivity index (χ2v) is 8.05. The molecule has 0 amide bonds. The van der Waals surface area contributed by atoms with Crippen LogP contribution in [0.15, 0.2) is 48.7 Å². The summed E-state index contributed by atoms with van der Waals surface area (Å²) in [6.07, 6.45) is 13.9. The van der Waals surface area contributed by atoms with E-state index in [1.165, 1.54) is 68.9 Å². The van der Waals surface area contributed by atoms with Gasteiger partial charge in [-0.3, -0.25) is 0 Å². The van der Waals surface area contributed by atoms with E-state index in [0.717, 1.165) is 12.5 Å². The van der Waals surface area contributed by atoms with E-state index < -0.39 is 0 Å². The first-order valence-corrected chi connectivity index (χ1v) is 11.0. The molecule has 2 aromatic rings. The lowest BCUT2D eigenvalue weighted by Gasteiger charge is -2.21. The van der Waals surface area contributed by atoms with Gasteiger partial charge in [0.15, 0.2) is 12.2 Å². The van der Waals surface area contributed by atoms with Crippen LogP contribution in [-0.2, 0) is 0 Å². The number of hydrogen-bond donors (Lipinski definition) is 0. The van der Waals surface area contributed by atoms with E-state index in [4.69, 9.17) is 4.74 Å². The van der Waals surface area contributed by atoms with Gasteiger partial charge in [-0.05, 0) is 36.3 Å². The highest BCUT2D eigenvalue weighted by Gasteiger charge is 2.27. The Hall–Kier alpha value is -1.83. The molecule has 2 nitrogen and oxygen atoms in total. The topological polar surface area (TPSA) is 13.1 Å². The minimum Gasteiger partial charge on any atom is -0.444 e. The molecule has 1 aromatic carbocycles. The van der Waals surface area contributed by atoms with E-state index >= 15 is 0 Å². The highest BCUT2D eigenvalue weighted by molar-refractivity contribution is 5.63. The van der Waals surface area contributed by atoms with Gasteiger partial charge in [0.25, 0.3) is 0 Å². The van der Waals surface area contributed by atoms with Crippen LogP contribution < -0.4 is 9.30 Å². The zero-order valence-electron chi connectivity index (χ0n) is 17.2. The van der Waals surface area contributed by atoms with Crippen molar-refractivity contribution in [3.8, 4) is 17.0 Å². The third-order valence-electron chi connectivity index (χ3n) is 6.03. The fourth-order valence-corrected chi connectivity index (χ4v) is 4.18. The zero-order chi connectivity index (χ0) is 18.9. The summed E-state index contributed by atoms with van der Waals surface area (Å²) >= 11 is 0. The molecule has 0 aliphatic heterocycles. The molecular weight excluding hydrogens is 330 g/mol. The smallest absolute Gasteiger partial charge is 0.368 e. The Morgan fingerprint density at radius 2 is 1.78 bits per heavy atom. The molecule has 2 heteroatoms. The first-order valence-electron chi connectivity index (χ1n) is 11.0. The number of aromatic nitrogens is 1. The monoisotopic (exact) mass is 366 g/mol. The van der Waals surface area contributed by atoms with Crippen molar-refractivity contribution >= 4 is 0 Å². The van der Waals surface area contributed by atoms with E-state index in [1.54, 1.807) is 0 Å². The second kappa shape index (κ2) is 10.5. The first kappa shape index (κ1) is 19.9. The molecule has 1 fully saturated rings. The van der Waals surface area contributed by atoms with Crippen molar-refractivity contribution in [2.24, 2.45) is 5.92 Å². The summed E-state index contributed by atoms with van der Waals surface area (Å²) in [5, 5.41) is 0. The summed E-state index contributed by atoms with van der Waals surface area (Å²) in [5.74, 6) is 1.71. The highest BCUT2D eigenvalue weighted by Crippen LogP contribution is 2.28. The third-order valence-corrected chi connectivity index (χ3v) is 6.03. The summed E-state index contributed by atoms with van der Waals surface area (Å²) in [6, 6.07) is 15.8. The summed E-state index contributed by atoms with van der Waals surface area (Å²) in [5.41, 5.74) is 2.51. The van der Waals surface area contributed by atoms with Crippen LogP contribution in [0.5, 0.6) is 5.88 Å². The molecule has 146 valence electrons. The number of unbranched alkanes of at least 4 members (excludes halogenated alkanes) is 1. The Kier molecular flexibility index (Phi) is 7.74. The van der Waals surface area contributed by atoms with Crippen LogP contribution in [0.2, 0.25) is 0 Å². The fraction of sp³-hybridized carbons (Fsp3) is 0.560. The van der Waals surface area contributed by atoms with Crippen LogP contribution in [0.1, 0.15) is 77.7 Å². The number of hydrogen-bond acceptors (Lipinski definition) is 1. The van der Waals surface area contributed by atoms with E-state index in [1.807, 2.05) is 0 Å². The van der Waals surface area contributed by atoms with E-state index in [2.05, 4.69) is 67.1 Å². The van der Waals surface area contributed by atoms with Gasteiger partial charge in [0.1, 0.15) is 0 Å². The van der Waals surface area contributed by atoms with Gasteiger partial charge in [0.2, 0.25) is 0 Å². The SMILES string of the molecule is CCCCC(CC)COc1cc(-c2ccccc2)cc[n+]1C1CCCCC1. The van der Waals surface area contributed by atoms with Crippen LogP contribution in [-0.4, -0.2) is 6.61 Å². The summed E-state index contributed by atoms with van der Waals surface area (Å²) in [6.45, 7) is 5.40. The van der Waals surface area contributed by atoms with Gasteiger partial charge in [0, 0.05) is 18.9 Å². The van der Waals surface area contributed by atoms with E-state index in [-0.39, 0.29) is 0 Å². The average molecular weight is 367 g/mol. The van der Waals surface area contributed by atoms with Gasteiger partial charge < -0.3 is 4.74 Å². The van der Waals surface area contributed by atoms with Crippen LogP contribution >= 0.6 is 0 Å². The second-order valence-electron chi connectivity index (χ2n) is 8.05. The lowest BCUT2D eigenvalue weighted by atomic mass is 9.95. The van der Waals surface area contributed by atoms with Crippen LogP contribution in [0, 0.1) is 5.92 Å². The predicted molar refractivity (Wildman–Crippen MR) is 113 cm³/mol. The normalized spacial score (nSPS) is 16.2. The molecule has 1 saturated carbocycles. The standard InChI is InChI=1S/C25H36NO/c1-3-5-12-21(4-2)20-27-25-19-23(22-13-8-6-9-14-22)17-18-26(25)24-15-10-7-11-16-24/h6,8-9,13-14,17-19,21,24H,3-5,7,10-12,15-16,20H2,1-2H3/q+1. The largest absolute Gasteiger partial charge is 0.444 e. The molecule has 0 N–H and O–H groups in total. The van der Waals surface area contributed by atoms with Crippen LogP contribution in [0.25, 0.3) is 11.1 Å². The lowest BCUT2D eigenvalue weighted by molar-refractivity contribution is -0.730. The van der Waals surface area contributed by atoms with Gasteiger partial charge in [-0.25, -0.2) is 0 Å². The van der Waals surface area contributed by atoms with Crippen LogP contribution in [0.4, 0.5) is 0 Å². The molecule has 1 aliphatic rings. The quantitative estimate of drug-likeness (QED) is 0.448. The number of nitrogens with zero attached hydrogens (tertiary/aromatic N) is 1. The molecule has 1 aromatic heterocycles. The minimum atomic E-state index is 0.592. The third kappa shape index (κ3) is 5.57. The number of benzene rings is 1. The molecule has 0 radical (unpaired) electrons. The predicted octanol–water partition coefficient (Wildman–Crippen LogP) is 6.74. The number of ether oxygens (including phenoxy) is 1. The molecule has 0 bridgehead atoms. The molecule has 27 heavy (non-hydrogen) atoms. The Bertz CT molecular complexity index is 676. The van der Waals surface area contributed by atoms with E-state index in [9.17, 15) is 0 Å². The maximum atomic E-state index is 6.47. The Labute approximate surface area is 165 Å². The fourth-order valence-electron chi connectivity index (χ4n) is 4.18. The molecule has 3 rings (SSSR count). The summed E-state index contributed by atoms with van der Waals surface area (Å²) < 4.78 is 8.88. The van der Waals surface area contributed by atoms with Crippen molar-refractivity contribution in [3.63, 3.8) is 0 Å². The number of rotatable bonds is 9. The van der Waals surface area contributed by atoms with Gasteiger partial charge in [0.05, 0.1) is 12.7 Å². The maximum absolute atomic E-state index is 6.47. The minimum absolute atomic E-state index is 0.592. The van der Waals surface area contributed by atoms with Gasteiger partial charge >= 0.3 is 5.88 Å². The maximum Gasteiger partial charge on any atom is 0.368 e. The molecule has 0 saturated heterocycles. The summed E-state index contributed by atoms with van der Waals surface area (Å²) in [4.78, 5) is 0. The number of pyridine rings is 1. The van der Waals surface area contributed by atoms with Gasteiger partial charge in [-0.15, -0.1) is 0 Å². The average Bonchev–Trinajstić information content (AvgIpc) is 2.75. The molecule has 1 aliphatic carbocycles. The Balaban J connectivity index is 1.82. The summed E-state index contributed by atoms with van der Waals surface area (Å²) in [7, 11) is 0. The molecular formula is C25H36NO+. The molecule has 1 heterocycles. The zero-order valence-corrected chi connectivity index (χ0v) is 17.2. The lowest BCUT2D eigenvalue weighted by Crippen LogP contribution is -2.42. The van der Waals surface area contributed by atoms with Crippen molar-refractivity contribution in [2.75, 3.05) is 6.61 Å². The van der Waals surface area contributed by atoms with Crippen molar-refractivity contribution in [3.05, 3.63) is 48.7 Å². The van der Waals surface area contributed by atoms with Crippen molar-refractivity contribution < 1.29 is 9.30 Å². The molecule has 1 atom stereocenters. The van der Waals surface area contributed by atoms with Crippen molar-refractivity contribution in [2.45, 2.75) is 77.7 Å². The van der Waals surface area contributed by atoms with Crippen molar-refractivity contribution in [1.29, 1.82) is 0 Å².